The molecule has 0 aliphatic carbocycles. The highest BCUT2D eigenvalue weighted by atomic mass is 19.1. The molecule has 0 fully saturated rings. The monoisotopic (exact) mass is 211 g/mol. The van der Waals surface area contributed by atoms with Gasteiger partial charge in [-0.15, -0.1) is 0 Å². The van der Waals surface area contributed by atoms with Gasteiger partial charge in [0.2, 0.25) is 0 Å². The minimum Gasteiger partial charge on any atom is -0.392 e. The van der Waals surface area contributed by atoms with E-state index in [1.54, 1.807) is 13.8 Å². The van der Waals surface area contributed by atoms with E-state index in [1.165, 1.54) is 18.2 Å². The van der Waals surface area contributed by atoms with Crippen LogP contribution in [0.3, 0.4) is 0 Å². The van der Waals surface area contributed by atoms with Gasteiger partial charge >= 0.3 is 0 Å². The summed E-state index contributed by atoms with van der Waals surface area (Å²) in [5.41, 5.74) is 1.01. The Morgan fingerprint density at radius 2 is 2.27 bits per heavy atom. The third kappa shape index (κ3) is 3.32. The van der Waals surface area contributed by atoms with Crippen LogP contribution in [0.25, 0.3) is 0 Å². The molecule has 0 saturated heterocycles. The Balaban J connectivity index is 2.74. The zero-order valence-electron chi connectivity index (χ0n) is 8.75. The first-order valence-corrected chi connectivity index (χ1v) is 4.73. The number of halogens is 1. The molecule has 82 valence electrons. The summed E-state index contributed by atoms with van der Waals surface area (Å²) in [6.07, 6.45) is -0.588. The molecule has 1 amide bonds. The Hall–Kier alpha value is -1.42. The van der Waals surface area contributed by atoms with E-state index >= 15 is 0 Å². The Bertz CT molecular complexity index is 364. The van der Waals surface area contributed by atoms with Crippen molar-refractivity contribution in [3.63, 3.8) is 0 Å². The number of nitrogens with one attached hydrogen (secondary N) is 1. The van der Waals surface area contributed by atoms with Gasteiger partial charge in [0.25, 0.3) is 5.91 Å². The second-order valence-electron chi connectivity index (χ2n) is 3.52. The fourth-order valence-electron chi connectivity index (χ4n) is 1.22. The molecular formula is C11H14FNO2. The number of carbonyl (C=O) groups excluding carboxylic acids is 1. The Kier molecular flexibility index (Phi) is 3.80. The number of amides is 1. The van der Waals surface area contributed by atoms with Crippen LogP contribution in [0.2, 0.25) is 0 Å². The number of aliphatic hydroxyl groups excluding tert-OH is 1. The molecular weight excluding hydrogens is 197 g/mol. The van der Waals surface area contributed by atoms with Gasteiger partial charge in [0.15, 0.2) is 0 Å². The second-order valence-corrected chi connectivity index (χ2v) is 3.52. The van der Waals surface area contributed by atoms with E-state index in [2.05, 4.69) is 5.32 Å². The SMILES string of the molecule is Cc1cc(F)ccc1C(=O)NCC(C)O. The molecule has 1 unspecified atom stereocenters. The topological polar surface area (TPSA) is 49.3 Å². The predicted octanol–water partition coefficient (Wildman–Crippen LogP) is 1.24. The summed E-state index contributed by atoms with van der Waals surface area (Å²) < 4.78 is 12.8. The van der Waals surface area contributed by atoms with Crippen LogP contribution in [0, 0.1) is 12.7 Å². The lowest BCUT2D eigenvalue weighted by Gasteiger charge is -2.08. The van der Waals surface area contributed by atoms with Crippen LogP contribution in [0.15, 0.2) is 18.2 Å². The van der Waals surface area contributed by atoms with Crippen LogP contribution < -0.4 is 5.32 Å². The molecule has 0 bridgehead atoms. The standard InChI is InChI=1S/C11H14FNO2/c1-7-5-9(12)3-4-10(7)11(15)13-6-8(2)14/h3-5,8,14H,6H2,1-2H3,(H,13,15). The first-order chi connectivity index (χ1) is 7.00. The van der Waals surface area contributed by atoms with Crippen molar-refractivity contribution in [3.05, 3.63) is 35.1 Å². The van der Waals surface area contributed by atoms with E-state index in [-0.39, 0.29) is 18.3 Å². The number of benzene rings is 1. The summed E-state index contributed by atoms with van der Waals surface area (Å²) >= 11 is 0. The van der Waals surface area contributed by atoms with Gasteiger partial charge in [0.1, 0.15) is 5.82 Å². The maximum Gasteiger partial charge on any atom is 0.251 e. The lowest BCUT2D eigenvalue weighted by Crippen LogP contribution is -2.30. The van der Waals surface area contributed by atoms with Crippen LogP contribution in [-0.4, -0.2) is 23.7 Å². The molecule has 0 spiro atoms. The molecule has 0 heterocycles. The fraction of sp³-hybridized carbons (Fsp3) is 0.364. The fourth-order valence-corrected chi connectivity index (χ4v) is 1.22. The van der Waals surface area contributed by atoms with Crippen molar-refractivity contribution in [2.45, 2.75) is 20.0 Å². The Labute approximate surface area is 87.9 Å². The third-order valence-electron chi connectivity index (χ3n) is 1.99. The van der Waals surface area contributed by atoms with Crippen molar-refractivity contribution in [2.24, 2.45) is 0 Å². The van der Waals surface area contributed by atoms with Crippen molar-refractivity contribution in [1.29, 1.82) is 0 Å². The first-order valence-electron chi connectivity index (χ1n) is 4.73. The molecule has 0 saturated carbocycles. The normalized spacial score (nSPS) is 12.3. The molecule has 1 aromatic rings. The molecule has 15 heavy (non-hydrogen) atoms. The van der Waals surface area contributed by atoms with Gasteiger partial charge < -0.3 is 10.4 Å². The number of hydrogen-bond acceptors (Lipinski definition) is 2. The molecule has 1 atom stereocenters. The largest absolute Gasteiger partial charge is 0.392 e. The van der Waals surface area contributed by atoms with Gasteiger partial charge in [-0.3, -0.25) is 4.79 Å². The quantitative estimate of drug-likeness (QED) is 0.790. The molecule has 0 aliphatic rings. The summed E-state index contributed by atoms with van der Waals surface area (Å²) in [7, 11) is 0. The van der Waals surface area contributed by atoms with E-state index in [9.17, 15) is 9.18 Å². The molecule has 1 rings (SSSR count). The number of aliphatic hydroxyl groups is 1. The molecule has 0 radical (unpaired) electrons. The molecule has 1 aromatic carbocycles. The number of rotatable bonds is 3. The van der Waals surface area contributed by atoms with Crippen molar-refractivity contribution in [1.82, 2.24) is 5.32 Å². The van der Waals surface area contributed by atoms with Crippen molar-refractivity contribution in [3.8, 4) is 0 Å². The highest BCUT2D eigenvalue weighted by Crippen LogP contribution is 2.09. The summed E-state index contributed by atoms with van der Waals surface area (Å²) in [5.74, 6) is -0.659. The zero-order chi connectivity index (χ0) is 11.4. The minimum absolute atomic E-state index is 0.190. The lowest BCUT2D eigenvalue weighted by molar-refractivity contribution is 0.0923. The van der Waals surface area contributed by atoms with Crippen LogP contribution in [0.5, 0.6) is 0 Å². The van der Waals surface area contributed by atoms with Gasteiger partial charge in [-0.1, -0.05) is 0 Å². The smallest absolute Gasteiger partial charge is 0.251 e. The van der Waals surface area contributed by atoms with E-state index in [4.69, 9.17) is 5.11 Å². The maximum atomic E-state index is 12.8. The number of carbonyl (C=O) groups is 1. The molecule has 0 aliphatic heterocycles. The average Bonchev–Trinajstić information content (AvgIpc) is 2.14. The molecule has 0 aromatic heterocycles. The van der Waals surface area contributed by atoms with Crippen LogP contribution in [0.1, 0.15) is 22.8 Å². The van der Waals surface area contributed by atoms with Crippen molar-refractivity contribution < 1.29 is 14.3 Å². The Morgan fingerprint density at radius 1 is 1.60 bits per heavy atom. The van der Waals surface area contributed by atoms with Gasteiger partial charge in [0.05, 0.1) is 6.10 Å². The number of hydrogen-bond donors (Lipinski definition) is 2. The average molecular weight is 211 g/mol. The van der Waals surface area contributed by atoms with Gasteiger partial charge in [-0.2, -0.15) is 0 Å². The summed E-state index contributed by atoms with van der Waals surface area (Å²) in [6.45, 7) is 3.44. The van der Waals surface area contributed by atoms with Gasteiger partial charge in [-0.05, 0) is 37.6 Å². The zero-order valence-corrected chi connectivity index (χ0v) is 8.75. The lowest BCUT2D eigenvalue weighted by atomic mass is 10.1. The first kappa shape index (κ1) is 11.7. The van der Waals surface area contributed by atoms with Crippen molar-refractivity contribution in [2.75, 3.05) is 6.54 Å². The van der Waals surface area contributed by atoms with Crippen LogP contribution >= 0.6 is 0 Å². The van der Waals surface area contributed by atoms with Crippen molar-refractivity contribution >= 4 is 5.91 Å². The van der Waals surface area contributed by atoms with Crippen LogP contribution in [0.4, 0.5) is 4.39 Å². The van der Waals surface area contributed by atoms with Gasteiger partial charge in [-0.25, -0.2) is 4.39 Å². The third-order valence-corrected chi connectivity index (χ3v) is 1.99. The molecule has 3 nitrogen and oxygen atoms in total. The second kappa shape index (κ2) is 4.89. The summed E-state index contributed by atoms with van der Waals surface area (Å²) in [4.78, 5) is 11.5. The van der Waals surface area contributed by atoms with E-state index in [0.29, 0.717) is 11.1 Å². The van der Waals surface area contributed by atoms with Crippen LogP contribution in [-0.2, 0) is 0 Å². The highest BCUT2D eigenvalue weighted by molar-refractivity contribution is 5.95. The Morgan fingerprint density at radius 3 is 2.80 bits per heavy atom. The molecule has 4 heteroatoms. The summed E-state index contributed by atoms with van der Waals surface area (Å²) in [6, 6.07) is 3.98. The highest BCUT2D eigenvalue weighted by Gasteiger charge is 2.09. The van der Waals surface area contributed by atoms with E-state index in [0.717, 1.165) is 0 Å². The minimum atomic E-state index is -0.588. The van der Waals surface area contributed by atoms with E-state index < -0.39 is 6.10 Å². The molecule has 2 N–H and O–H groups in total. The van der Waals surface area contributed by atoms with Gasteiger partial charge in [0, 0.05) is 12.1 Å². The predicted molar refractivity (Wildman–Crippen MR) is 55.2 cm³/mol. The van der Waals surface area contributed by atoms with E-state index in [1.807, 2.05) is 0 Å². The maximum absolute atomic E-state index is 12.8. The number of aryl methyl sites for hydroxylation is 1. The summed E-state index contributed by atoms with van der Waals surface area (Å²) in [5, 5.41) is 11.5.